The third kappa shape index (κ3) is 4.06. The van der Waals surface area contributed by atoms with Crippen LogP contribution in [0.4, 0.5) is 5.69 Å². The second-order valence-corrected chi connectivity index (χ2v) is 6.57. The summed E-state index contributed by atoms with van der Waals surface area (Å²) < 4.78 is 0. The molecular formula is C20H22N2O3. The Morgan fingerprint density at radius 2 is 1.68 bits per heavy atom. The van der Waals surface area contributed by atoms with Crippen LogP contribution in [0.1, 0.15) is 24.0 Å². The predicted octanol–water partition coefficient (Wildman–Crippen LogP) is 2.35. The fraction of sp³-hybridized carbons (Fsp3) is 0.300. The molecule has 0 radical (unpaired) electrons. The van der Waals surface area contributed by atoms with E-state index in [1.165, 1.54) is 0 Å². The van der Waals surface area contributed by atoms with Crippen LogP contribution in [0, 0.1) is 12.8 Å². The largest absolute Gasteiger partial charge is 0.383 e. The van der Waals surface area contributed by atoms with Crippen LogP contribution in [-0.4, -0.2) is 23.5 Å². The van der Waals surface area contributed by atoms with E-state index in [-0.39, 0.29) is 12.5 Å². The topological polar surface area (TPSA) is 78.4 Å². The summed E-state index contributed by atoms with van der Waals surface area (Å²) >= 11 is 0. The average molecular weight is 338 g/mol. The van der Waals surface area contributed by atoms with Gasteiger partial charge >= 0.3 is 11.8 Å². The molecule has 0 heterocycles. The molecule has 1 unspecified atom stereocenters. The van der Waals surface area contributed by atoms with Crippen LogP contribution in [-0.2, 0) is 15.2 Å². The van der Waals surface area contributed by atoms with Crippen molar-refractivity contribution in [3.05, 3.63) is 65.7 Å². The minimum Gasteiger partial charge on any atom is -0.383 e. The number of carbonyl (C=O) groups is 2. The molecule has 3 rings (SSSR count). The van der Waals surface area contributed by atoms with Gasteiger partial charge in [0.25, 0.3) is 0 Å². The van der Waals surface area contributed by atoms with Crippen LogP contribution < -0.4 is 10.6 Å². The predicted molar refractivity (Wildman–Crippen MR) is 95.9 cm³/mol. The second-order valence-electron chi connectivity index (χ2n) is 6.57. The van der Waals surface area contributed by atoms with Gasteiger partial charge in [-0.3, -0.25) is 9.59 Å². The van der Waals surface area contributed by atoms with Gasteiger partial charge < -0.3 is 15.7 Å². The zero-order valence-corrected chi connectivity index (χ0v) is 14.2. The summed E-state index contributed by atoms with van der Waals surface area (Å²) in [5.74, 6) is -1.39. The molecule has 5 nitrogen and oxygen atoms in total. The van der Waals surface area contributed by atoms with E-state index in [2.05, 4.69) is 10.6 Å². The SMILES string of the molecule is Cc1ccc(NC(=O)C(=O)NCC(O)(c2ccccc2)C2CC2)cc1. The molecule has 2 aromatic carbocycles. The molecule has 3 N–H and O–H groups in total. The third-order valence-corrected chi connectivity index (χ3v) is 4.56. The lowest BCUT2D eigenvalue weighted by Crippen LogP contribution is -2.45. The zero-order chi connectivity index (χ0) is 17.9. The molecule has 0 spiro atoms. The molecule has 1 aliphatic rings. The number of aryl methyl sites for hydroxylation is 1. The van der Waals surface area contributed by atoms with Gasteiger partial charge in [-0.15, -0.1) is 0 Å². The van der Waals surface area contributed by atoms with Crippen molar-refractivity contribution in [1.82, 2.24) is 5.32 Å². The van der Waals surface area contributed by atoms with Gasteiger partial charge in [-0.1, -0.05) is 48.0 Å². The third-order valence-electron chi connectivity index (χ3n) is 4.56. The minimum atomic E-state index is -1.14. The van der Waals surface area contributed by atoms with Crippen molar-refractivity contribution in [2.24, 2.45) is 5.92 Å². The van der Waals surface area contributed by atoms with Gasteiger partial charge in [0.2, 0.25) is 0 Å². The summed E-state index contributed by atoms with van der Waals surface area (Å²) in [6.07, 6.45) is 1.83. The molecule has 0 bridgehead atoms. The lowest BCUT2D eigenvalue weighted by Gasteiger charge is -2.29. The highest BCUT2D eigenvalue weighted by atomic mass is 16.3. The van der Waals surface area contributed by atoms with Crippen LogP contribution in [0.2, 0.25) is 0 Å². The average Bonchev–Trinajstić information content (AvgIpc) is 3.47. The van der Waals surface area contributed by atoms with E-state index in [9.17, 15) is 14.7 Å². The van der Waals surface area contributed by atoms with Crippen LogP contribution >= 0.6 is 0 Å². The maximum absolute atomic E-state index is 12.1. The molecule has 1 fully saturated rings. The van der Waals surface area contributed by atoms with Crippen molar-refractivity contribution in [2.75, 3.05) is 11.9 Å². The number of rotatable bonds is 5. The molecule has 0 saturated heterocycles. The van der Waals surface area contributed by atoms with Gasteiger partial charge in [0.1, 0.15) is 5.60 Å². The van der Waals surface area contributed by atoms with E-state index in [4.69, 9.17) is 0 Å². The Labute approximate surface area is 147 Å². The first-order chi connectivity index (χ1) is 12.0. The number of hydrogen-bond donors (Lipinski definition) is 3. The van der Waals surface area contributed by atoms with Crippen LogP contribution in [0.25, 0.3) is 0 Å². The van der Waals surface area contributed by atoms with E-state index < -0.39 is 17.4 Å². The maximum atomic E-state index is 12.1. The van der Waals surface area contributed by atoms with E-state index in [1.54, 1.807) is 12.1 Å². The minimum absolute atomic E-state index is 0.0157. The van der Waals surface area contributed by atoms with E-state index >= 15 is 0 Å². The molecule has 0 aromatic heterocycles. The number of carbonyl (C=O) groups excluding carboxylic acids is 2. The number of benzene rings is 2. The molecule has 0 aliphatic heterocycles. The van der Waals surface area contributed by atoms with Crippen LogP contribution in [0.5, 0.6) is 0 Å². The lowest BCUT2D eigenvalue weighted by atomic mass is 9.88. The molecule has 1 atom stereocenters. The molecular weight excluding hydrogens is 316 g/mol. The van der Waals surface area contributed by atoms with Gasteiger partial charge in [-0.05, 0) is 43.4 Å². The van der Waals surface area contributed by atoms with Gasteiger partial charge in [0, 0.05) is 5.69 Å². The maximum Gasteiger partial charge on any atom is 0.313 e. The molecule has 1 saturated carbocycles. The van der Waals surface area contributed by atoms with Gasteiger partial charge in [0.15, 0.2) is 0 Å². The summed E-state index contributed by atoms with van der Waals surface area (Å²) in [5.41, 5.74) is 1.25. The Bertz CT molecular complexity index is 754. The quantitative estimate of drug-likeness (QED) is 0.732. The smallest absolute Gasteiger partial charge is 0.313 e. The first kappa shape index (κ1) is 17.2. The normalized spacial score (nSPS) is 15.9. The molecule has 2 aromatic rings. The molecule has 25 heavy (non-hydrogen) atoms. The van der Waals surface area contributed by atoms with Crippen molar-refractivity contribution in [3.63, 3.8) is 0 Å². The van der Waals surface area contributed by atoms with Crippen LogP contribution in [0.15, 0.2) is 54.6 Å². The Morgan fingerprint density at radius 3 is 2.28 bits per heavy atom. The summed E-state index contributed by atoms with van der Waals surface area (Å²) in [6, 6.07) is 16.5. The molecule has 1 aliphatic carbocycles. The number of nitrogens with one attached hydrogen (secondary N) is 2. The van der Waals surface area contributed by atoms with Crippen molar-refractivity contribution in [2.45, 2.75) is 25.4 Å². The summed E-state index contributed by atoms with van der Waals surface area (Å²) in [4.78, 5) is 24.1. The summed E-state index contributed by atoms with van der Waals surface area (Å²) in [7, 11) is 0. The van der Waals surface area contributed by atoms with E-state index in [0.717, 1.165) is 24.0 Å². The zero-order valence-electron chi connectivity index (χ0n) is 14.2. The Hall–Kier alpha value is -2.66. The number of aliphatic hydroxyl groups is 1. The first-order valence-corrected chi connectivity index (χ1v) is 8.43. The summed E-state index contributed by atoms with van der Waals surface area (Å²) in [6.45, 7) is 1.96. The number of anilines is 1. The van der Waals surface area contributed by atoms with E-state index in [1.807, 2.05) is 49.4 Å². The highest BCUT2D eigenvalue weighted by molar-refractivity contribution is 6.39. The van der Waals surface area contributed by atoms with E-state index in [0.29, 0.717) is 5.69 Å². The Balaban J connectivity index is 1.62. The number of amides is 2. The van der Waals surface area contributed by atoms with Crippen LogP contribution in [0.3, 0.4) is 0 Å². The monoisotopic (exact) mass is 338 g/mol. The highest BCUT2D eigenvalue weighted by Gasteiger charge is 2.45. The fourth-order valence-electron chi connectivity index (χ4n) is 2.89. The standard InChI is InChI=1S/C20H22N2O3/c1-14-7-11-17(12-8-14)22-19(24)18(23)21-13-20(25,16-9-10-16)15-5-3-2-4-6-15/h2-8,11-12,16,25H,9-10,13H2,1H3,(H,21,23)(H,22,24). The number of hydrogen-bond acceptors (Lipinski definition) is 3. The molecule has 130 valence electrons. The van der Waals surface area contributed by atoms with Crippen molar-refractivity contribution in [1.29, 1.82) is 0 Å². The second kappa shape index (κ2) is 7.07. The Morgan fingerprint density at radius 1 is 1.04 bits per heavy atom. The summed E-state index contributed by atoms with van der Waals surface area (Å²) in [5, 5.41) is 16.2. The van der Waals surface area contributed by atoms with Crippen molar-refractivity contribution >= 4 is 17.5 Å². The van der Waals surface area contributed by atoms with Gasteiger partial charge in [-0.25, -0.2) is 0 Å². The lowest BCUT2D eigenvalue weighted by molar-refractivity contribution is -0.137. The van der Waals surface area contributed by atoms with Gasteiger partial charge in [-0.2, -0.15) is 0 Å². The van der Waals surface area contributed by atoms with Crippen molar-refractivity contribution in [3.8, 4) is 0 Å². The first-order valence-electron chi connectivity index (χ1n) is 8.43. The Kier molecular flexibility index (Phi) is 4.86. The molecule has 5 heteroatoms. The fourth-order valence-corrected chi connectivity index (χ4v) is 2.89. The van der Waals surface area contributed by atoms with Crippen molar-refractivity contribution < 1.29 is 14.7 Å². The van der Waals surface area contributed by atoms with Gasteiger partial charge in [0.05, 0.1) is 6.54 Å². The highest BCUT2D eigenvalue weighted by Crippen LogP contribution is 2.45. The molecule has 2 amide bonds.